The van der Waals surface area contributed by atoms with Crippen molar-refractivity contribution < 1.29 is 9.18 Å². The van der Waals surface area contributed by atoms with Crippen LogP contribution in [0, 0.1) is 19.7 Å². The maximum Gasteiger partial charge on any atom is 0.224 e. The first-order valence-electron chi connectivity index (χ1n) is 9.95. The van der Waals surface area contributed by atoms with Crippen LogP contribution < -0.4 is 10.2 Å². The number of hydrogen-bond donors (Lipinski definition) is 1. The first-order chi connectivity index (χ1) is 14.0. The lowest BCUT2D eigenvalue weighted by Crippen LogP contribution is -2.29. The van der Waals surface area contributed by atoms with Crippen LogP contribution in [0.15, 0.2) is 47.8 Å². The smallest absolute Gasteiger partial charge is 0.224 e. The SMILES string of the molecule is Cc1cc(N2CCc3sccc3C2)cc(C)c1NC(=O)CCc1cccc(F)c1. The molecule has 0 saturated heterocycles. The van der Waals surface area contributed by atoms with Crippen molar-refractivity contribution in [3.05, 3.63) is 80.8 Å². The van der Waals surface area contributed by atoms with Gasteiger partial charge >= 0.3 is 0 Å². The number of nitrogens with zero attached hydrogens (tertiary/aromatic N) is 1. The number of carbonyl (C=O) groups is 1. The van der Waals surface area contributed by atoms with E-state index in [9.17, 15) is 9.18 Å². The van der Waals surface area contributed by atoms with Gasteiger partial charge in [0.05, 0.1) is 0 Å². The second-order valence-corrected chi connectivity index (χ2v) is 8.67. The maximum atomic E-state index is 13.3. The van der Waals surface area contributed by atoms with E-state index in [2.05, 4.69) is 33.8 Å². The fourth-order valence-electron chi connectivity index (χ4n) is 3.94. The molecule has 1 amide bonds. The average Bonchev–Trinajstić information content (AvgIpc) is 3.17. The summed E-state index contributed by atoms with van der Waals surface area (Å²) in [5.74, 6) is -0.313. The predicted molar refractivity (Wildman–Crippen MR) is 118 cm³/mol. The van der Waals surface area contributed by atoms with Crippen molar-refractivity contribution in [2.24, 2.45) is 0 Å². The quantitative estimate of drug-likeness (QED) is 0.593. The van der Waals surface area contributed by atoms with E-state index >= 15 is 0 Å². The maximum absolute atomic E-state index is 13.3. The van der Waals surface area contributed by atoms with E-state index in [0.717, 1.165) is 41.9 Å². The number of anilines is 2. The molecule has 29 heavy (non-hydrogen) atoms. The number of benzene rings is 2. The van der Waals surface area contributed by atoms with E-state index in [-0.39, 0.29) is 11.7 Å². The van der Waals surface area contributed by atoms with Crippen molar-refractivity contribution in [1.29, 1.82) is 0 Å². The third-order valence-electron chi connectivity index (χ3n) is 5.48. The van der Waals surface area contributed by atoms with Crippen LogP contribution in [-0.4, -0.2) is 12.5 Å². The molecule has 0 unspecified atom stereocenters. The second kappa shape index (κ2) is 8.37. The Kier molecular flexibility index (Phi) is 5.67. The molecule has 0 bridgehead atoms. The van der Waals surface area contributed by atoms with Gasteiger partial charge in [-0.05, 0) is 84.7 Å². The zero-order valence-electron chi connectivity index (χ0n) is 16.8. The molecule has 5 heteroatoms. The van der Waals surface area contributed by atoms with E-state index in [0.29, 0.717) is 12.8 Å². The van der Waals surface area contributed by atoms with Crippen molar-refractivity contribution in [3.8, 4) is 0 Å². The third kappa shape index (κ3) is 4.51. The van der Waals surface area contributed by atoms with Crippen LogP contribution in [0.1, 0.15) is 33.6 Å². The molecule has 150 valence electrons. The third-order valence-corrected chi connectivity index (χ3v) is 6.51. The molecule has 1 aliphatic heterocycles. The van der Waals surface area contributed by atoms with Crippen LogP contribution in [0.3, 0.4) is 0 Å². The molecule has 1 aromatic heterocycles. The fraction of sp³-hybridized carbons (Fsp3) is 0.292. The molecule has 4 rings (SSSR count). The minimum Gasteiger partial charge on any atom is -0.367 e. The second-order valence-electron chi connectivity index (χ2n) is 7.67. The number of halogens is 1. The molecule has 0 radical (unpaired) electrons. The molecule has 0 saturated carbocycles. The summed E-state index contributed by atoms with van der Waals surface area (Å²) in [6.07, 6.45) is 1.94. The van der Waals surface area contributed by atoms with Gasteiger partial charge in [0.1, 0.15) is 5.82 Å². The van der Waals surface area contributed by atoms with E-state index in [1.165, 1.54) is 28.3 Å². The molecular formula is C24H25FN2OS. The first-order valence-corrected chi connectivity index (χ1v) is 10.8. The van der Waals surface area contributed by atoms with Crippen molar-refractivity contribution in [2.45, 2.75) is 39.7 Å². The van der Waals surface area contributed by atoms with Gasteiger partial charge in [-0.15, -0.1) is 11.3 Å². The lowest BCUT2D eigenvalue weighted by atomic mass is 10.0. The Morgan fingerprint density at radius 1 is 1.17 bits per heavy atom. The highest BCUT2D eigenvalue weighted by Gasteiger charge is 2.19. The molecule has 0 spiro atoms. The highest BCUT2D eigenvalue weighted by Crippen LogP contribution is 2.32. The molecule has 1 N–H and O–H groups in total. The van der Waals surface area contributed by atoms with Gasteiger partial charge in [-0.2, -0.15) is 0 Å². The Hall–Kier alpha value is -2.66. The summed E-state index contributed by atoms with van der Waals surface area (Å²) in [7, 11) is 0. The van der Waals surface area contributed by atoms with Crippen LogP contribution in [0.2, 0.25) is 0 Å². The van der Waals surface area contributed by atoms with Crippen molar-refractivity contribution in [3.63, 3.8) is 0 Å². The van der Waals surface area contributed by atoms with Crippen LogP contribution in [0.25, 0.3) is 0 Å². The number of thiophene rings is 1. The molecule has 2 aromatic carbocycles. The minimum atomic E-state index is -0.266. The normalized spacial score (nSPS) is 13.3. The van der Waals surface area contributed by atoms with E-state index in [4.69, 9.17) is 0 Å². The molecule has 2 heterocycles. The highest BCUT2D eigenvalue weighted by atomic mass is 32.1. The summed E-state index contributed by atoms with van der Waals surface area (Å²) < 4.78 is 13.3. The van der Waals surface area contributed by atoms with Gasteiger partial charge in [0.2, 0.25) is 5.91 Å². The molecule has 1 aliphatic rings. The number of rotatable bonds is 5. The summed E-state index contributed by atoms with van der Waals surface area (Å²) in [5.41, 5.74) is 6.47. The van der Waals surface area contributed by atoms with Gasteiger partial charge in [-0.25, -0.2) is 4.39 Å². The largest absolute Gasteiger partial charge is 0.367 e. The number of aryl methyl sites for hydroxylation is 3. The van der Waals surface area contributed by atoms with E-state index in [1.807, 2.05) is 31.3 Å². The number of hydrogen-bond acceptors (Lipinski definition) is 3. The number of carbonyl (C=O) groups excluding carboxylic acids is 1. The lowest BCUT2D eigenvalue weighted by Gasteiger charge is -2.30. The van der Waals surface area contributed by atoms with Gasteiger partial charge in [0, 0.05) is 35.8 Å². The molecule has 0 atom stereocenters. The first kappa shape index (κ1) is 19.6. The number of nitrogens with one attached hydrogen (secondary N) is 1. The van der Waals surface area contributed by atoms with Crippen LogP contribution >= 0.6 is 11.3 Å². The molecule has 0 aliphatic carbocycles. The number of fused-ring (bicyclic) bond motifs is 1. The van der Waals surface area contributed by atoms with E-state index in [1.54, 1.807) is 6.07 Å². The van der Waals surface area contributed by atoms with Gasteiger partial charge in [-0.1, -0.05) is 12.1 Å². The molecule has 0 fully saturated rings. The van der Waals surface area contributed by atoms with Crippen LogP contribution in [0.4, 0.5) is 15.8 Å². The zero-order chi connectivity index (χ0) is 20.4. The van der Waals surface area contributed by atoms with Crippen LogP contribution in [0.5, 0.6) is 0 Å². The predicted octanol–water partition coefficient (Wildman–Crippen LogP) is 5.64. The van der Waals surface area contributed by atoms with E-state index < -0.39 is 0 Å². The molecule has 3 nitrogen and oxygen atoms in total. The van der Waals surface area contributed by atoms with Gasteiger partial charge < -0.3 is 10.2 Å². The topological polar surface area (TPSA) is 32.3 Å². The average molecular weight is 409 g/mol. The van der Waals surface area contributed by atoms with Crippen molar-refractivity contribution in [1.82, 2.24) is 0 Å². The minimum absolute atomic E-state index is 0.0471. The summed E-state index contributed by atoms with van der Waals surface area (Å²) in [6, 6.07) is 13.0. The van der Waals surface area contributed by atoms with Crippen LogP contribution in [-0.2, 0) is 24.2 Å². The summed E-state index contributed by atoms with van der Waals surface area (Å²) in [6.45, 7) is 6.04. The monoisotopic (exact) mass is 408 g/mol. The Morgan fingerprint density at radius 2 is 1.97 bits per heavy atom. The Morgan fingerprint density at radius 3 is 2.72 bits per heavy atom. The fourth-order valence-corrected chi connectivity index (χ4v) is 4.83. The Labute approximate surface area is 175 Å². The zero-order valence-corrected chi connectivity index (χ0v) is 17.6. The van der Waals surface area contributed by atoms with Gasteiger partial charge in [0.15, 0.2) is 0 Å². The Bertz CT molecular complexity index is 1020. The standard InChI is InChI=1S/C24H25FN2OS/c1-16-12-21(27-10-8-22-19(15-27)9-11-29-22)13-17(2)24(16)26-23(28)7-6-18-4-3-5-20(25)14-18/h3-5,9,11-14H,6-8,10,15H2,1-2H3,(H,26,28). The van der Waals surface area contributed by atoms with Crippen molar-refractivity contribution in [2.75, 3.05) is 16.8 Å². The van der Waals surface area contributed by atoms with Gasteiger partial charge in [-0.3, -0.25) is 4.79 Å². The summed E-state index contributed by atoms with van der Waals surface area (Å²) in [5, 5.41) is 5.23. The molecule has 3 aromatic rings. The highest BCUT2D eigenvalue weighted by molar-refractivity contribution is 7.10. The number of amides is 1. The lowest BCUT2D eigenvalue weighted by molar-refractivity contribution is -0.116. The Balaban J connectivity index is 1.43. The summed E-state index contributed by atoms with van der Waals surface area (Å²) in [4.78, 5) is 16.4. The van der Waals surface area contributed by atoms with Gasteiger partial charge in [0.25, 0.3) is 0 Å². The molecular weight excluding hydrogens is 383 g/mol. The van der Waals surface area contributed by atoms with Crippen molar-refractivity contribution >= 4 is 28.6 Å². The summed E-state index contributed by atoms with van der Waals surface area (Å²) >= 11 is 1.85.